The first-order valence-electron chi connectivity index (χ1n) is 4.48. The van der Waals surface area contributed by atoms with Gasteiger partial charge in [-0.2, -0.15) is 10.5 Å². The monoisotopic (exact) mass is 185 g/mol. The van der Waals surface area contributed by atoms with Gasteiger partial charge in [0.1, 0.15) is 0 Å². The molecule has 0 saturated carbocycles. The van der Waals surface area contributed by atoms with E-state index in [9.17, 15) is 0 Å². The molecule has 0 spiro atoms. The van der Waals surface area contributed by atoms with E-state index in [1.165, 1.54) is 0 Å². The van der Waals surface area contributed by atoms with E-state index in [1.807, 2.05) is 12.1 Å². The number of nitrogens with zero attached hydrogens (tertiary/aromatic N) is 2. The largest absolute Gasteiger partial charge is 0.385 e. The second-order valence-corrected chi connectivity index (χ2v) is 2.88. The van der Waals surface area contributed by atoms with Crippen LogP contribution in [0.5, 0.6) is 0 Å². The second kappa shape index (κ2) is 5.61. The molecule has 1 aromatic carbocycles. The summed E-state index contributed by atoms with van der Waals surface area (Å²) in [6, 6.07) is 11.4. The van der Waals surface area contributed by atoms with Crippen molar-refractivity contribution in [3.05, 3.63) is 29.8 Å². The van der Waals surface area contributed by atoms with Crippen molar-refractivity contribution >= 4 is 5.69 Å². The van der Waals surface area contributed by atoms with E-state index < -0.39 is 0 Å². The van der Waals surface area contributed by atoms with Crippen molar-refractivity contribution < 1.29 is 0 Å². The summed E-state index contributed by atoms with van der Waals surface area (Å²) >= 11 is 0. The Morgan fingerprint density at radius 3 is 2.43 bits per heavy atom. The Kier molecular flexibility index (Phi) is 4.04. The molecule has 0 aliphatic heterocycles. The molecule has 1 N–H and O–H groups in total. The fourth-order valence-corrected chi connectivity index (χ4v) is 1.06. The summed E-state index contributed by atoms with van der Waals surface area (Å²) < 4.78 is 0. The summed E-state index contributed by atoms with van der Waals surface area (Å²) in [6.07, 6.45) is 1.42. The minimum Gasteiger partial charge on any atom is -0.385 e. The summed E-state index contributed by atoms with van der Waals surface area (Å²) in [5.74, 6) is 0. The molecule has 1 aromatic rings. The molecular formula is C11H11N3. The van der Waals surface area contributed by atoms with Crippen molar-refractivity contribution in [2.24, 2.45) is 0 Å². The van der Waals surface area contributed by atoms with E-state index in [4.69, 9.17) is 10.5 Å². The predicted octanol–water partition coefficient (Wildman–Crippen LogP) is 2.27. The fraction of sp³-hybridized carbons (Fsp3) is 0.273. The van der Waals surface area contributed by atoms with E-state index in [2.05, 4.69) is 17.5 Å². The molecule has 0 aromatic heterocycles. The van der Waals surface area contributed by atoms with Crippen LogP contribution in [-0.4, -0.2) is 6.54 Å². The van der Waals surface area contributed by atoms with Gasteiger partial charge in [-0.3, -0.25) is 0 Å². The molecule has 0 bridgehead atoms. The molecule has 0 atom stereocenters. The van der Waals surface area contributed by atoms with Gasteiger partial charge in [0.2, 0.25) is 0 Å². The van der Waals surface area contributed by atoms with Crippen LogP contribution in [0.2, 0.25) is 0 Å². The van der Waals surface area contributed by atoms with Crippen LogP contribution in [0, 0.1) is 22.7 Å². The normalized spacial score (nSPS) is 8.71. The molecule has 0 amide bonds. The van der Waals surface area contributed by atoms with Crippen LogP contribution in [0.4, 0.5) is 5.69 Å². The maximum Gasteiger partial charge on any atom is 0.0991 e. The van der Waals surface area contributed by atoms with Gasteiger partial charge >= 0.3 is 0 Å². The van der Waals surface area contributed by atoms with Crippen molar-refractivity contribution in [2.45, 2.75) is 12.8 Å². The van der Waals surface area contributed by atoms with E-state index in [-0.39, 0.29) is 0 Å². The van der Waals surface area contributed by atoms with Gasteiger partial charge in [0.25, 0.3) is 0 Å². The van der Waals surface area contributed by atoms with Gasteiger partial charge < -0.3 is 5.32 Å². The molecule has 0 saturated heterocycles. The Morgan fingerprint density at radius 2 is 1.86 bits per heavy atom. The molecule has 0 aliphatic carbocycles. The van der Waals surface area contributed by atoms with Crippen LogP contribution in [0.25, 0.3) is 0 Å². The summed E-state index contributed by atoms with van der Waals surface area (Å²) in [7, 11) is 0. The molecule has 0 fully saturated rings. The lowest BCUT2D eigenvalue weighted by Crippen LogP contribution is -2.00. The van der Waals surface area contributed by atoms with Crippen LogP contribution in [-0.2, 0) is 0 Å². The van der Waals surface area contributed by atoms with Crippen molar-refractivity contribution in [3.63, 3.8) is 0 Å². The van der Waals surface area contributed by atoms with Crippen LogP contribution in [0.15, 0.2) is 24.3 Å². The summed E-state index contributed by atoms with van der Waals surface area (Å²) in [6.45, 7) is 0.791. The van der Waals surface area contributed by atoms with Crippen LogP contribution in [0.1, 0.15) is 18.4 Å². The van der Waals surface area contributed by atoms with Crippen LogP contribution in [0.3, 0.4) is 0 Å². The molecule has 14 heavy (non-hydrogen) atoms. The summed E-state index contributed by atoms with van der Waals surface area (Å²) in [5.41, 5.74) is 1.65. The van der Waals surface area contributed by atoms with Crippen molar-refractivity contribution in [3.8, 4) is 12.1 Å². The number of nitriles is 2. The summed E-state index contributed by atoms with van der Waals surface area (Å²) in [5, 5.41) is 20.1. The molecule has 0 unspecified atom stereocenters. The lowest BCUT2D eigenvalue weighted by molar-refractivity contribution is 0.897. The smallest absolute Gasteiger partial charge is 0.0991 e. The van der Waals surface area contributed by atoms with E-state index >= 15 is 0 Å². The SMILES string of the molecule is N#CCCCNc1ccc(C#N)cc1. The van der Waals surface area contributed by atoms with Crippen molar-refractivity contribution in [1.82, 2.24) is 0 Å². The number of rotatable bonds is 4. The summed E-state index contributed by atoms with van der Waals surface area (Å²) in [4.78, 5) is 0. The second-order valence-electron chi connectivity index (χ2n) is 2.88. The maximum absolute atomic E-state index is 8.57. The van der Waals surface area contributed by atoms with Gasteiger partial charge in [-0.1, -0.05) is 0 Å². The lowest BCUT2D eigenvalue weighted by Gasteiger charge is -2.03. The molecular weight excluding hydrogens is 174 g/mol. The van der Waals surface area contributed by atoms with Gasteiger partial charge in [0.05, 0.1) is 17.7 Å². The van der Waals surface area contributed by atoms with E-state index in [0.717, 1.165) is 18.7 Å². The number of unbranched alkanes of at least 4 members (excludes halogenated alkanes) is 1. The highest BCUT2D eigenvalue weighted by atomic mass is 14.9. The third-order valence-corrected chi connectivity index (χ3v) is 1.81. The van der Waals surface area contributed by atoms with Gasteiger partial charge in [-0.25, -0.2) is 0 Å². The molecule has 3 heteroatoms. The number of benzene rings is 1. The number of hydrogen-bond donors (Lipinski definition) is 1. The highest BCUT2D eigenvalue weighted by Crippen LogP contribution is 2.08. The number of hydrogen-bond acceptors (Lipinski definition) is 3. The Bertz CT molecular complexity index is 354. The third-order valence-electron chi connectivity index (χ3n) is 1.81. The lowest BCUT2D eigenvalue weighted by atomic mass is 10.2. The molecule has 0 aliphatic rings. The van der Waals surface area contributed by atoms with Crippen LogP contribution >= 0.6 is 0 Å². The van der Waals surface area contributed by atoms with Gasteiger partial charge in [0, 0.05) is 18.7 Å². The highest BCUT2D eigenvalue weighted by molar-refractivity contribution is 5.46. The molecule has 1 rings (SSSR count). The molecule has 0 heterocycles. The third kappa shape index (κ3) is 3.16. The Hall–Kier alpha value is -2.00. The molecule has 70 valence electrons. The number of nitrogens with one attached hydrogen (secondary N) is 1. The standard InChI is InChI=1S/C11H11N3/c12-7-1-2-8-14-11-5-3-10(9-13)4-6-11/h3-6,14H,1-2,8H2. The van der Waals surface area contributed by atoms with Crippen molar-refractivity contribution in [1.29, 1.82) is 10.5 Å². The van der Waals surface area contributed by atoms with Gasteiger partial charge in [-0.15, -0.1) is 0 Å². The van der Waals surface area contributed by atoms with E-state index in [0.29, 0.717) is 12.0 Å². The minimum atomic E-state index is 0.573. The van der Waals surface area contributed by atoms with Crippen LogP contribution < -0.4 is 5.32 Å². The first-order chi connectivity index (χ1) is 6.86. The Balaban J connectivity index is 2.38. The average molecular weight is 185 g/mol. The maximum atomic E-state index is 8.57. The molecule has 3 nitrogen and oxygen atoms in total. The van der Waals surface area contributed by atoms with Gasteiger partial charge in [-0.05, 0) is 30.7 Å². The molecule has 0 radical (unpaired) electrons. The van der Waals surface area contributed by atoms with E-state index in [1.54, 1.807) is 12.1 Å². The highest BCUT2D eigenvalue weighted by Gasteiger charge is 1.92. The zero-order chi connectivity index (χ0) is 10.2. The minimum absolute atomic E-state index is 0.573. The fourth-order valence-electron chi connectivity index (χ4n) is 1.06. The van der Waals surface area contributed by atoms with Gasteiger partial charge in [0.15, 0.2) is 0 Å². The number of anilines is 1. The zero-order valence-corrected chi connectivity index (χ0v) is 7.83. The predicted molar refractivity (Wildman–Crippen MR) is 54.5 cm³/mol. The average Bonchev–Trinajstić information content (AvgIpc) is 2.25. The zero-order valence-electron chi connectivity index (χ0n) is 7.83. The van der Waals surface area contributed by atoms with Crippen molar-refractivity contribution in [2.75, 3.05) is 11.9 Å². The topological polar surface area (TPSA) is 59.6 Å². The first-order valence-corrected chi connectivity index (χ1v) is 4.48. The Morgan fingerprint density at radius 1 is 1.14 bits per heavy atom. The quantitative estimate of drug-likeness (QED) is 0.732. The Labute approximate surface area is 83.6 Å². The first kappa shape index (κ1) is 10.1.